The number of methoxy groups -OCH3 is 1. The fraction of sp³-hybridized carbons (Fsp3) is 0.375. The molecule has 0 aliphatic rings. The number of imidazole rings is 1. The zero-order chi connectivity index (χ0) is 10.1. The van der Waals surface area contributed by atoms with E-state index in [1.165, 1.54) is 0 Å². The van der Waals surface area contributed by atoms with E-state index in [0.717, 1.165) is 21.9 Å². The van der Waals surface area contributed by atoms with E-state index < -0.39 is 0 Å². The predicted octanol–water partition coefficient (Wildman–Crippen LogP) is 1.39. The highest BCUT2D eigenvalue weighted by Crippen LogP contribution is 2.24. The minimum absolute atomic E-state index is 0.485. The van der Waals surface area contributed by atoms with Crippen molar-refractivity contribution in [2.75, 3.05) is 13.4 Å². The molecule has 0 bridgehead atoms. The predicted molar refractivity (Wildman–Crippen MR) is 54.8 cm³/mol. The highest BCUT2D eigenvalue weighted by Gasteiger charge is 2.11. The van der Waals surface area contributed by atoms with Crippen LogP contribution in [0.5, 0.6) is 5.88 Å². The van der Waals surface area contributed by atoms with Crippen molar-refractivity contribution in [3.05, 3.63) is 5.69 Å². The van der Waals surface area contributed by atoms with Crippen molar-refractivity contribution in [2.45, 2.75) is 12.1 Å². The van der Waals surface area contributed by atoms with Crippen LogP contribution in [0.15, 0.2) is 5.16 Å². The van der Waals surface area contributed by atoms with Gasteiger partial charge >= 0.3 is 0 Å². The highest BCUT2D eigenvalue weighted by molar-refractivity contribution is 7.98. The fourth-order valence-corrected chi connectivity index (χ4v) is 1.61. The van der Waals surface area contributed by atoms with Crippen molar-refractivity contribution in [3.63, 3.8) is 0 Å². The van der Waals surface area contributed by atoms with E-state index >= 15 is 0 Å². The second-order valence-electron chi connectivity index (χ2n) is 2.76. The number of aromatic nitrogens is 4. The number of nitrogens with zero attached hydrogens (tertiary/aromatic N) is 3. The SMILES string of the molecule is COc1nnc(C)c2nc(SC)[nH]c12. The molecule has 74 valence electrons. The van der Waals surface area contributed by atoms with Crippen molar-refractivity contribution >= 4 is 22.8 Å². The Balaban J connectivity index is 2.74. The third-order valence-electron chi connectivity index (χ3n) is 1.92. The summed E-state index contributed by atoms with van der Waals surface area (Å²) in [5.41, 5.74) is 2.43. The monoisotopic (exact) mass is 210 g/mol. The van der Waals surface area contributed by atoms with Crippen molar-refractivity contribution in [1.82, 2.24) is 20.2 Å². The third-order valence-corrected chi connectivity index (χ3v) is 2.50. The first-order valence-electron chi connectivity index (χ1n) is 4.07. The number of thioether (sulfide) groups is 1. The van der Waals surface area contributed by atoms with Gasteiger partial charge in [-0.1, -0.05) is 11.8 Å². The van der Waals surface area contributed by atoms with Gasteiger partial charge in [0.25, 0.3) is 5.88 Å². The van der Waals surface area contributed by atoms with Gasteiger partial charge in [0.2, 0.25) is 0 Å². The Kier molecular flexibility index (Phi) is 2.28. The van der Waals surface area contributed by atoms with Gasteiger partial charge < -0.3 is 9.72 Å². The number of H-pyrrole nitrogens is 1. The summed E-state index contributed by atoms with van der Waals surface area (Å²) in [7, 11) is 1.57. The highest BCUT2D eigenvalue weighted by atomic mass is 32.2. The lowest BCUT2D eigenvalue weighted by atomic mass is 10.3. The minimum Gasteiger partial charge on any atom is -0.478 e. The van der Waals surface area contributed by atoms with E-state index in [2.05, 4.69) is 20.2 Å². The molecule has 2 aromatic heterocycles. The molecule has 0 fully saturated rings. The largest absolute Gasteiger partial charge is 0.478 e. The smallest absolute Gasteiger partial charge is 0.259 e. The van der Waals surface area contributed by atoms with E-state index in [9.17, 15) is 0 Å². The van der Waals surface area contributed by atoms with Crippen molar-refractivity contribution in [2.24, 2.45) is 0 Å². The fourth-order valence-electron chi connectivity index (χ4n) is 1.23. The standard InChI is InChI=1S/C8H10N4OS/c1-4-5-6(7(13-2)12-11-4)10-8(9-5)14-3/h1-3H3,(H,9,10). The maximum Gasteiger partial charge on any atom is 0.259 e. The van der Waals surface area contributed by atoms with Crippen LogP contribution in [-0.4, -0.2) is 33.5 Å². The lowest BCUT2D eigenvalue weighted by Crippen LogP contribution is -1.94. The van der Waals surface area contributed by atoms with E-state index in [-0.39, 0.29) is 0 Å². The number of aromatic amines is 1. The van der Waals surface area contributed by atoms with Gasteiger partial charge in [-0.2, -0.15) is 0 Å². The number of ether oxygens (including phenoxy) is 1. The molecule has 5 nitrogen and oxygen atoms in total. The summed E-state index contributed by atoms with van der Waals surface area (Å²) in [5.74, 6) is 0.485. The van der Waals surface area contributed by atoms with Gasteiger partial charge in [-0.25, -0.2) is 4.98 Å². The molecule has 0 amide bonds. The van der Waals surface area contributed by atoms with E-state index in [4.69, 9.17) is 4.74 Å². The molecule has 1 N–H and O–H groups in total. The zero-order valence-corrected chi connectivity index (χ0v) is 8.97. The van der Waals surface area contributed by atoms with Crippen molar-refractivity contribution < 1.29 is 4.74 Å². The van der Waals surface area contributed by atoms with Crippen LogP contribution < -0.4 is 4.74 Å². The number of aryl methyl sites for hydroxylation is 1. The van der Waals surface area contributed by atoms with Gasteiger partial charge in [0.1, 0.15) is 11.0 Å². The van der Waals surface area contributed by atoms with Gasteiger partial charge in [0.05, 0.1) is 12.8 Å². The second kappa shape index (κ2) is 3.45. The molecule has 0 aliphatic heterocycles. The number of hydrogen-bond donors (Lipinski definition) is 1. The molecule has 0 radical (unpaired) electrons. The summed E-state index contributed by atoms with van der Waals surface area (Å²) in [6.07, 6.45) is 1.96. The first kappa shape index (κ1) is 9.26. The third kappa shape index (κ3) is 1.31. The Morgan fingerprint density at radius 3 is 2.79 bits per heavy atom. The molecule has 2 rings (SSSR count). The molecular weight excluding hydrogens is 200 g/mol. The quantitative estimate of drug-likeness (QED) is 0.759. The summed E-state index contributed by atoms with van der Waals surface area (Å²) in [4.78, 5) is 7.49. The van der Waals surface area contributed by atoms with Crippen LogP contribution in [0.1, 0.15) is 5.69 Å². The Bertz CT molecular complexity index is 468. The topological polar surface area (TPSA) is 63.7 Å². The summed E-state index contributed by atoms with van der Waals surface area (Å²) < 4.78 is 5.09. The van der Waals surface area contributed by atoms with E-state index in [1.807, 2.05) is 13.2 Å². The molecule has 6 heteroatoms. The van der Waals surface area contributed by atoms with Gasteiger partial charge in [0, 0.05) is 0 Å². The average Bonchev–Trinajstić information content (AvgIpc) is 2.63. The lowest BCUT2D eigenvalue weighted by Gasteiger charge is -1.98. The maximum atomic E-state index is 5.09. The Labute approximate surface area is 85.3 Å². The zero-order valence-electron chi connectivity index (χ0n) is 8.16. The van der Waals surface area contributed by atoms with Gasteiger partial charge in [0.15, 0.2) is 5.16 Å². The van der Waals surface area contributed by atoms with Crippen LogP contribution in [-0.2, 0) is 0 Å². The van der Waals surface area contributed by atoms with Crippen molar-refractivity contribution in [3.8, 4) is 5.88 Å². The minimum atomic E-state index is 0.485. The molecule has 0 saturated heterocycles. The number of nitrogens with one attached hydrogen (secondary N) is 1. The van der Waals surface area contributed by atoms with Crippen LogP contribution in [0.4, 0.5) is 0 Å². The summed E-state index contributed by atoms with van der Waals surface area (Å²) >= 11 is 1.54. The molecule has 14 heavy (non-hydrogen) atoms. The van der Waals surface area contributed by atoms with Crippen LogP contribution >= 0.6 is 11.8 Å². The molecule has 0 unspecified atom stereocenters. The van der Waals surface area contributed by atoms with Gasteiger partial charge in [-0.3, -0.25) is 0 Å². The van der Waals surface area contributed by atoms with E-state index in [0.29, 0.717) is 5.88 Å². The van der Waals surface area contributed by atoms with Gasteiger partial charge in [-0.05, 0) is 13.2 Å². The maximum absolute atomic E-state index is 5.09. The average molecular weight is 210 g/mol. The summed E-state index contributed by atoms with van der Waals surface area (Å²) in [6.45, 7) is 1.87. The first-order valence-corrected chi connectivity index (χ1v) is 5.29. The summed E-state index contributed by atoms with van der Waals surface area (Å²) in [6, 6.07) is 0. The normalized spacial score (nSPS) is 10.8. The van der Waals surface area contributed by atoms with Crippen LogP contribution in [0, 0.1) is 6.92 Å². The number of hydrogen-bond acceptors (Lipinski definition) is 5. The van der Waals surface area contributed by atoms with Gasteiger partial charge in [-0.15, -0.1) is 10.2 Å². The lowest BCUT2D eigenvalue weighted by molar-refractivity contribution is 0.396. The summed E-state index contributed by atoms with van der Waals surface area (Å²) in [5, 5.41) is 8.72. The molecule has 0 aromatic carbocycles. The van der Waals surface area contributed by atoms with E-state index in [1.54, 1.807) is 18.9 Å². The number of rotatable bonds is 2. The molecule has 2 aromatic rings. The van der Waals surface area contributed by atoms with Crippen molar-refractivity contribution in [1.29, 1.82) is 0 Å². The molecule has 0 saturated carbocycles. The first-order chi connectivity index (χ1) is 6.76. The Hall–Kier alpha value is -1.30. The molecule has 2 heterocycles. The number of fused-ring (bicyclic) bond motifs is 1. The van der Waals surface area contributed by atoms with Crippen LogP contribution in [0.2, 0.25) is 0 Å². The Morgan fingerprint density at radius 1 is 1.36 bits per heavy atom. The molecule has 0 atom stereocenters. The molecular formula is C8H10N4OS. The van der Waals surface area contributed by atoms with Crippen LogP contribution in [0.3, 0.4) is 0 Å². The second-order valence-corrected chi connectivity index (χ2v) is 3.56. The van der Waals surface area contributed by atoms with Crippen LogP contribution in [0.25, 0.3) is 11.0 Å². The molecule has 0 aliphatic carbocycles. The molecule has 0 spiro atoms. The Morgan fingerprint density at radius 2 is 2.14 bits per heavy atom.